The topological polar surface area (TPSA) is 50.7 Å². The molecule has 0 atom stereocenters. The lowest BCUT2D eigenvalue weighted by atomic mass is 10.1. The first-order chi connectivity index (χ1) is 9.74. The summed E-state index contributed by atoms with van der Waals surface area (Å²) in [5.74, 6) is 1.86. The van der Waals surface area contributed by atoms with E-state index in [1.807, 2.05) is 12.1 Å². The van der Waals surface area contributed by atoms with Crippen LogP contribution in [0.2, 0.25) is 0 Å². The molecule has 0 saturated heterocycles. The highest BCUT2D eigenvalue weighted by Gasteiger charge is 2.10. The molecule has 4 heteroatoms. The van der Waals surface area contributed by atoms with E-state index in [0.29, 0.717) is 0 Å². The molecule has 0 aliphatic carbocycles. The van der Waals surface area contributed by atoms with E-state index in [4.69, 9.17) is 4.98 Å². The lowest BCUT2D eigenvalue weighted by Crippen LogP contribution is -2.11. The van der Waals surface area contributed by atoms with Crippen molar-refractivity contribution in [3.63, 3.8) is 0 Å². The molecule has 0 aliphatic rings. The maximum absolute atomic E-state index is 4.69. The summed E-state index contributed by atoms with van der Waals surface area (Å²) in [6.45, 7) is 7.31. The molecule has 20 heavy (non-hydrogen) atoms. The summed E-state index contributed by atoms with van der Waals surface area (Å²) < 4.78 is 0. The van der Waals surface area contributed by atoms with Crippen molar-refractivity contribution in [1.29, 1.82) is 0 Å². The summed E-state index contributed by atoms with van der Waals surface area (Å²) >= 11 is 0. The molecule has 106 valence electrons. The molecule has 0 spiro atoms. The Hall–Kier alpha value is -1.97. The van der Waals surface area contributed by atoms with Gasteiger partial charge in [-0.3, -0.25) is 4.98 Å². The van der Waals surface area contributed by atoms with Crippen molar-refractivity contribution in [2.75, 3.05) is 11.9 Å². The summed E-state index contributed by atoms with van der Waals surface area (Å²) in [5, 5.41) is 3.42. The van der Waals surface area contributed by atoms with Gasteiger partial charge in [0.15, 0.2) is 0 Å². The second-order valence-corrected chi connectivity index (χ2v) is 4.86. The lowest BCUT2D eigenvalue weighted by molar-refractivity contribution is 0.886. The molecule has 0 saturated carbocycles. The van der Waals surface area contributed by atoms with Gasteiger partial charge in [-0.25, -0.2) is 9.97 Å². The molecular weight excluding hydrogens is 248 g/mol. The van der Waals surface area contributed by atoms with Gasteiger partial charge in [0.05, 0.1) is 0 Å². The first kappa shape index (κ1) is 14.4. The van der Waals surface area contributed by atoms with Gasteiger partial charge in [-0.1, -0.05) is 13.8 Å². The third-order valence-electron chi connectivity index (χ3n) is 3.27. The van der Waals surface area contributed by atoms with Crippen LogP contribution in [0.15, 0.2) is 24.5 Å². The Balaban J connectivity index is 2.27. The summed E-state index contributed by atoms with van der Waals surface area (Å²) in [6.07, 6.45) is 6.39. The van der Waals surface area contributed by atoms with Gasteiger partial charge in [-0.15, -0.1) is 0 Å². The molecule has 2 aromatic rings. The average Bonchev–Trinajstić information content (AvgIpc) is 2.46. The molecule has 2 aromatic heterocycles. The summed E-state index contributed by atoms with van der Waals surface area (Å²) in [5.41, 5.74) is 3.48. The van der Waals surface area contributed by atoms with E-state index >= 15 is 0 Å². The van der Waals surface area contributed by atoms with Gasteiger partial charge < -0.3 is 5.32 Å². The molecule has 0 radical (unpaired) electrons. The zero-order chi connectivity index (χ0) is 14.4. The molecule has 2 heterocycles. The molecule has 4 nitrogen and oxygen atoms in total. The first-order valence-electron chi connectivity index (χ1n) is 7.23. The van der Waals surface area contributed by atoms with Crippen molar-refractivity contribution in [3.05, 3.63) is 47.2 Å². The molecule has 0 fully saturated rings. The SMILES string of the molecule is CCCNc1nc(Cc2ccncc2)nc(C)c1CC. The summed E-state index contributed by atoms with van der Waals surface area (Å²) in [4.78, 5) is 13.4. The van der Waals surface area contributed by atoms with Crippen LogP contribution in [0.4, 0.5) is 5.82 Å². The first-order valence-corrected chi connectivity index (χ1v) is 7.23. The smallest absolute Gasteiger partial charge is 0.135 e. The largest absolute Gasteiger partial charge is 0.370 e. The number of nitrogens with one attached hydrogen (secondary N) is 1. The molecule has 0 unspecified atom stereocenters. The highest BCUT2D eigenvalue weighted by atomic mass is 15.0. The van der Waals surface area contributed by atoms with Gasteiger partial charge in [0, 0.05) is 36.6 Å². The maximum atomic E-state index is 4.69. The summed E-state index contributed by atoms with van der Waals surface area (Å²) in [7, 11) is 0. The Labute approximate surface area is 120 Å². The van der Waals surface area contributed by atoms with Crippen LogP contribution in [0.5, 0.6) is 0 Å². The van der Waals surface area contributed by atoms with Crippen LogP contribution < -0.4 is 5.32 Å². The Bertz CT molecular complexity index is 552. The molecule has 0 aliphatic heterocycles. The van der Waals surface area contributed by atoms with Gasteiger partial charge in [0.25, 0.3) is 0 Å². The predicted octanol–water partition coefficient (Wildman–Crippen LogP) is 3.16. The quantitative estimate of drug-likeness (QED) is 0.876. The highest BCUT2D eigenvalue weighted by Crippen LogP contribution is 2.18. The normalized spacial score (nSPS) is 10.6. The minimum absolute atomic E-state index is 0.744. The minimum Gasteiger partial charge on any atom is -0.370 e. The van der Waals surface area contributed by atoms with Crippen molar-refractivity contribution in [2.45, 2.75) is 40.0 Å². The van der Waals surface area contributed by atoms with E-state index in [1.54, 1.807) is 12.4 Å². The number of aromatic nitrogens is 3. The standard InChI is InChI=1S/C16H22N4/c1-4-8-18-16-14(5-2)12(3)19-15(20-16)11-13-6-9-17-10-7-13/h6-7,9-10H,4-5,8,11H2,1-3H3,(H,18,19,20). The fourth-order valence-corrected chi connectivity index (χ4v) is 2.23. The van der Waals surface area contributed by atoms with Crippen LogP contribution in [0.3, 0.4) is 0 Å². The van der Waals surface area contributed by atoms with Crippen LogP contribution in [-0.4, -0.2) is 21.5 Å². The van der Waals surface area contributed by atoms with Crippen LogP contribution in [0.25, 0.3) is 0 Å². The van der Waals surface area contributed by atoms with E-state index in [9.17, 15) is 0 Å². The number of aryl methyl sites for hydroxylation is 1. The van der Waals surface area contributed by atoms with Crippen LogP contribution in [-0.2, 0) is 12.8 Å². The Morgan fingerprint density at radius 3 is 2.50 bits per heavy atom. The molecule has 2 rings (SSSR count). The fraction of sp³-hybridized carbons (Fsp3) is 0.438. The van der Waals surface area contributed by atoms with E-state index in [2.05, 4.69) is 36.1 Å². The average molecular weight is 270 g/mol. The number of hydrogen-bond donors (Lipinski definition) is 1. The van der Waals surface area contributed by atoms with Crippen molar-refractivity contribution in [2.24, 2.45) is 0 Å². The van der Waals surface area contributed by atoms with E-state index in [0.717, 1.165) is 43.1 Å². The predicted molar refractivity (Wildman–Crippen MR) is 82.0 cm³/mol. The van der Waals surface area contributed by atoms with E-state index < -0.39 is 0 Å². The van der Waals surface area contributed by atoms with Crippen molar-refractivity contribution in [1.82, 2.24) is 15.0 Å². The van der Waals surface area contributed by atoms with Gasteiger partial charge in [-0.05, 0) is 37.5 Å². The lowest BCUT2D eigenvalue weighted by Gasteiger charge is -2.13. The van der Waals surface area contributed by atoms with Gasteiger partial charge in [0.2, 0.25) is 0 Å². The monoisotopic (exact) mass is 270 g/mol. The van der Waals surface area contributed by atoms with Crippen molar-refractivity contribution >= 4 is 5.82 Å². The molecule has 1 N–H and O–H groups in total. The van der Waals surface area contributed by atoms with Crippen LogP contribution >= 0.6 is 0 Å². The van der Waals surface area contributed by atoms with E-state index in [-0.39, 0.29) is 0 Å². The molecule has 0 bridgehead atoms. The van der Waals surface area contributed by atoms with Crippen molar-refractivity contribution < 1.29 is 0 Å². The molecular formula is C16H22N4. The number of hydrogen-bond acceptors (Lipinski definition) is 4. The number of anilines is 1. The fourth-order valence-electron chi connectivity index (χ4n) is 2.23. The van der Waals surface area contributed by atoms with Crippen LogP contribution in [0, 0.1) is 6.92 Å². The van der Waals surface area contributed by atoms with E-state index in [1.165, 1.54) is 11.1 Å². The maximum Gasteiger partial charge on any atom is 0.135 e. The second-order valence-electron chi connectivity index (χ2n) is 4.86. The Morgan fingerprint density at radius 1 is 1.10 bits per heavy atom. The molecule has 0 aromatic carbocycles. The van der Waals surface area contributed by atoms with Crippen molar-refractivity contribution in [3.8, 4) is 0 Å². The third kappa shape index (κ3) is 3.53. The summed E-state index contributed by atoms with van der Waals surface area (Å²) in [6, 6.07) is 4.01. The highest BCUT2D eigenvalue weighted by molar-refractivity contribution is 5.46. The minimum atomic E-state index is 0.744. The van der Waals surface area contributed by atoms with Crippen LogP contribution in [0.1, 0.15) is 42.9 Å². The number of pyridine rings is 1. The van der Waals surface area contributed by atoms with Gasteiger partial charge in [0.1, 0.15) is 11.6 Å². The van der Waals surface area contributed by atoms with Gasteiger partial charge in [-0.2, -0.15) is 0 Å². The number of rotatable bonds is 6. The second kappa shape index (κ2) is 6.98. The van der Waals surface area contributed by atoms with Gasteiger partial charge >= 0.3 is 0 Å². The zero-order valence-electron chi connectivity index (χ0n) is 12.5. The third-order valence-corrected chi connectivity index (χ3v) is 3.27. The molecule has 0 amide bonds. The Kier molecular flexibility index (Phi) is 5.04. The Morgan fingerprint density at radius 2 is 1.85 bits per heavy atom. The zero-order valence-corrected chi connectivity index (χ0v) is 12.5. The number of nitrogens with zero attached hydrogens (tertiary/aromatic N) is 3.